The van der Waals surface area contributed by atoms with Crippen LogP contribution >= 0.6 is 27.3 Å². The van der Waals surface area contributed by atoms with Crippen molar-refractivity contribution in [3.05, 3.63) is 20.8 Å². The van der Waals surface area contributed by atoms with Gasteiger partial charge in [0.15, 0.2) is 0 Å². The van der Waals surface area contributed by atoms with Gasteiger partial charge < -0.3 is 11.1 Å². The standard InChI is InChI=1S/C13H22BrN3OS/c1-4-17(8-13(18)16-9(2)3)10(7-15)11-5-6-12(14)19-11/h5-6,9-10H,4,7-8,15H2,1-3H3,(H,16,18). The first-order valence-electron chi connectivity index (χ1n) is 6.46. The molecule has 1 aromatic heterocycles. The van der Waals surface area contributed by atoms with Crippen molar-refractivity contribution in [3.63, 3.8) is 0 Å². The Labute approximate surface area is 127 Å². The molecule has 1 heterocycles. The van der Waals surface area contributed by atoms with Gasteiger partial charge in [0.05, 0.1) is 16.4 Å². The molecule has 108 valence electrons. The Morgan fingerprint density at radius 3 is 2.63 bits per heavy atom. The first kappa shape index (κ1) is 16.6. The number of nitrogens with two attached hydrogens (primary N) is 1. The van der Waals surface area contributed by atoms with Crippen LogP contribution in [-0.4, -0.2) is 36.5 Å². The molecule has 1 unspecified atom stereocenters. The minimum atomic E-state index is 0.0471. The molecule has 1 atom stereocenters. The Morgan fingerprint density at radius 2 is 2.21 bits per heavy atom. The first-order valence-corrected chi connectivity index (χ1v) is 8.07. The molecular weight excluding hydrogens is 326 g/mol. The Bertz CT molecular complexity index is 408. The van der Waals surface area contributed by atoms with Crippen molar-refractivity contribution < 1.29 is 4.79 Å². The zero-order valence-corrected chi connectivity index (χ0v) is 14.1. The summed E-state index contributed by atoms with van der Waals surface area (Å²) < 4.78 is 1.09. The average Bonchev–Trinajstić information content (AvgIpc) is 2.74. The number of halogens is 1. The molecule has 3 N–H and O–H groups in total. The van der Waals surface area contributed by atoms with E-state index in [9.17, 15) is 4.79 Å². The highest BCUT2D eigenvalue weighted by atomic mass is 79.9. The number of thiophene rings is 1. The molecule has 0 aliphatic carbocycles. The molecule has 1 aromatic rings. The minimum absolute atomic E-state index is 0.0471. The van der Waals surface area contributed by atoms with Crippen LogP contribution in [0.3, 0.4) is 0 Å². The van der Waals surface area contributed by atoms with E-state index in [2.05, 4.69) is 32.2 Å². The largest absolute Gasteiger partial charge is 0.353 e. The predicted molar refractivity (Wildman–Crippen MR) is 84.3 cm³/mol. The second-order valence-corrected chi connectivity index (χ2v) is 7.17. The molecule has 0 bridgehead atoms. The van der Waals surface area contributed by atoms with E-state index in [-0.39, 0.29) is 18.0 Å². The normalized spacial score (nSPS) is 13.0. The second-order valence-electron chi connectivity index (χ2n) is 4.68. The number of nitrogens with zero attached hydrogens (tertiary/aromatic N) is 1. The summed E-state index contributed by atoms with van der Waals surface area (Å²) in [5.74, 6) is 0.0471. The summed E-state index contributed by atoms with van der Waals surface area (Å²) in [4.78, 5) is 15.2. The topological polar surface area (TPSA) is 58.4 Å². The molecule has 0 fully saturated rings. The summed E-state index contributed by atoms with van der Waals surface area (Å²) in [5, 5.41) is 2.92. The van der Waals surface area contributed by atoms with Crippen molar-refractivity contribution in [2.75, 3.05) is 19.6 Å². The fourth-order valence-corrected chi connectivity index (χ4v) is 3.52. The van der Waals surface area contributed by atoms with Crippen LogP contribution in [0.15, 0.2) is 15.9 Å². The van der Waals surface area contributed by atoms with Crippen LogP contribution in [-0.2, 0) is 4.79 Å². The first-order chi connectivity index (χ1) is 8.97. The Morgan fingerprint density at radius 1 is 1.53 bits per heavy atom. The lowest BCUT2D eigenvalue weighted by molar-refractivity contribution is -0.123. The van der Waals surface area contributed by atoms with E-state index in [1.165, 1.54) is 4.88 Å². The van der Waals surface area contributed by atoms with Crippen LogP contribution < -0.4 is 11.1 Å². The number of likely N-dealkylation sites (N-methyl/N-ethyl adjacent to an activating group) is 1. The molecule has 1 rings (SSSR count). The molecule has 19 heavy (non-hydrogen) atoms. The van der Waals surface area contributed by atoms with E-state index in [0.29, 0.717) is 13.1 Å². The second kappa shape index (κ2) is 7.99. The molecule has 0 saturated heterocycles. The fourth-order valence-electron chi connectivity index (χ4n) is 1.95. The van der Waals surface area contributed by atoms with Crippen LogP contribution in [0.5, 0.6) is 0 Å². The quantitative estimate of drug-likeness (QED) is 0.795. The third kappa shape index (κ3) is 5.22. The maximum atomic E-state index is 11.9. The molecule has 6 heteroatoms. The molecule has 4 nitrogen and oxygen atoms in total. The highest BCUT2D eigenvalue weighted by Gasteiger charge is 2.21. The van der Waals surface area contributed by atoms with Crippen molar-refractivity contribution in [1.82, 2.24) is 10.2 Å². The summed E-state index contributed by atoms with van der Waals surface area (Å²) in [5.41, 5.74) is 5.89. The highest BCUT2D eigenvalue weighted by molar-refractivity contribution is 9.11. The van der Waals surface area contributed by atoms with Gasteiger partial charge in [-0.2, -0.15) is 0 Å². The van der Waals surface area contributed by atoms with E-state index >= 15 is 0 Å². The zero-order chi connectivity index (χ0) is 14.4. The summed E-state index contributed by atoms with van der Waals surface area (Å²) >= 11 is 5.13. The van der Waals surface area contributed by atoms with Gasteiger partial charge in [0.1, 0.15) is 0 Å². The molecule has 0 radical (unpaired) electrons. The van der Waals surface area contributed by atoms with Gasteiger partial charge in [-0.15, -0.1) is 11.3 Å². The van der Waals surface area contributed by atoms with Gasteiger partial charge in [0.2, 0.25) is 5.91 Å². The van der Waals surface area contributed by atoms with Gasteiger partial charge in [-0.1, -0.05) is 6.92 Å². The number of rotatable bonds is 7. The third-order valence-electron chi connectivity index (χ3n) is 2.79. The monoisotopic (exact) mass is 347 g/mol. The SMILES string of the molecule is CCN(CC(=O)NC(C)C)C(CN)c1ccc(Br)s1. The Hall–Kier alpha value is -0.430. The number of amides is 1. The predicted octanol–water partition coefficient (Wildman–Crippen LogP) is 2.36. The van der Waals surface area contributed by atoms with Crippen molar-refractivity contribution in [1.29, 1.82) is 0 Å². The van der Waals surface area contributed by atoms with Crippen LogP contribution in [0.2, 0.25) is 0 Å². The summed E-state index contributed by atoms with van der Waals surface area (Å²) in [6.45, 7) is 7.66. The maximum Gasteiger partial charge on any atom is 0.234 e. The van der Waals surface area contributed by atoms with Crippen molar-refractivity contribution in [2.45, 2.75) is 32.9 Å². The van der Waals surface area contributed by atoms with Crippen molar-refractivity contribution in [2.24, 2.45) is 5.73 Å². The number of carbonyl (C=O) groups excluding carboxylic acids is 1. The van der Waals surface area contributed by atoms with Crippen LogP contribution in [0, 0.1) is 0 Å². The molecule has 1 amide bonds. The lowest BCUT2D eigenvalue weighted by Gasteiger charge is -2.28. The number of carbonyl (C=O) groups is 1. The van der Waals surface area contributed by atoms with E-state index in [1.54, 1.807) is 11.3 Å². The minimum Gasteiger partial charge on any atom is -0.353 e. The number of hydrogen-bond donors (Lipinski definition) is 2. The molecule has 0 aliphatic rings. The van der Waals surface area contributed by atoms with E-state index < -0.39 is 0 Å². The van der Waals surface area contributed by atoms with E-state index in [1.807, 2.05) is 26.8 Å². The lowest BCUT2D eigenvalue weighted by atomic mass is 10.2. The summed E-state index contributed by atoms with van der Waals surface area (Å²) in [6.07, 6.45) is 0. The molecule has 0 aliphatic heterocycles. The van der Waals surface area contributed by atoms with Crippen LogP contribution in [0.1, 0.15) is 31.7 Å². The number of hydrogen-bond acceptors (Lipinski definition) is 4. The van der Waals surface area contributed by atoms with Gasteiger partial charge in [-0.3, -0.25) is 9.69 Å². The van der Waals surface area contributed by atoms with Crippen molar-refractivity contribution in [3.8, 4) is 0 Å². The molecule has 0 aromatic carbocycles. The van der Waals surface area contributed by atoms with Gasteiger partial charge in [0, 0.05) is 17.5 Å². The third-order valence-corrected chi connectivity index (χ3v) is 4.51. The fraction of sp³-hybridized carbons (Fsp3) is 0.615. The lowest BCUT2D eigenvalue weighted by Crippen LogP contribution is -2.43. The number of nitrogens with one attached hydrogen (secondary N) is 1. The van der Waals surface area contributed by atoms with Crippen LogP contribution in [0.4, 0.5) is 0 Å². The molecule has 0 spiro atoms. The van der Waals surface area contributed by atoms with Gasteiger partial charge in [-0.05, 0) is 48.5 Å². The van der Waals surface area contributed by atoms with Crippen molar-refractivity contribution >= 4 is 33.2 Å². The van der Waals surface area contributed by atoms with Gasteiger partial charge in [0.25, 0.3) is 0 Å². The zero-order valence-electron chi connectivity index (χ0n) is 11.6. The molecular formula is C13H22BrN3OS. The van der Waals surface area contributed by atoms with Gasteiger partial charge in [-0.25, -0.2) is 0 Å². The van der Waals surface area contributed by atoms with E-state index in [0.717, 1.165) is 10.3 Å². The highest BCUT2D eigenvalue weighted by Crippen LogP contribution is 2.30. The van der Waals surface area contributed by atoms with Gasteiger partial charge >= 0.3 is 0 Å². The summed E-state index contributed by atoms with van der Waals surface area (Å²) in [7, 11) is 0. The Kier molecular flexibility index (Phi) is 6.99. The van der Waals surface area contributed by atoms with Crippen LogP contribution in [0.25, 0.3) is 0 Å². The summed E-state index contributed by atoms with van der Waals surface area (Å²) in [6, 6.07) is 4.35. The Balaban J connectivity index is 2.73. The smallest absolute Gasteiger partial charge is 0.234 e. The van der Waals surface area contributed by atoms with E-state index in [4.69, 9.17) is 5.73 Å². The molecule has 0 saturated carbocycles. The maximum absolute atomic E-state index is 11.9. The average molecular weight is 348 g/mol.